The minimum atomic E-state index is -2.10. The fraction of sp³-hybridized carbons (Fsp3) is 0.0312. The first kappa shape index (κ1) is 28.9. The van der Waals surface area contributed by atoms with Crippen molar-refractivity contribution < 1.29 is 29.7 Å². The van der Waals surface area contributed by atoms with Crippen molar-refractivity contribution in [2.24, 2.45) is 0 Å². The minimum absolute atomic E-state index is 0.102. The molecular formula is C32H20N8O6. The van der Waals surface area contributed by atoms with Crippen molar-refractivity contribution in [3.8, 4) is 35.0 Å². The Morgan fingerprint density at radius 1 is 0.674 bits per heavy atom. The summed E-state index contributed by atoms with van der Waals surface area (Å²) in [7, 11) is 0. The Bertz CT molecular complexity index is 2130. The van der Waals surface area contributed by atoms with E-state index in [1.54, 1.807) is 82.2 Å². The normalized spacial score (nSPS) is 10.8. The molecule has 0 bridgehead atoms. The molecule has 0 unspecified atom stereocenters. The largest absolute Gasteiger partial charge is 0.505 e. The molecule has 6 rings (SSSR count). The number of para-hydroxylation sites is 2. The molecule has 0 atom stereocenters. The van der Waals surface area contributed by atoms with Crippen LogP contribution in [0.2, 0.25) is 0 Å². The molecule has 0 saturated heterocycles. The second kappa shape index (κ2) is 11.5. The molecule has 2 amide bonds. The van der Waals surface area contributed by atoms with Crippen molar-refractivity contribution in [1.82, 2.24) is 29.7 Å². The van der Waals surface area contributed by atoms with Gasteiger partial charge in [0, 0.05) is 34.5 Å². The van der Waals surface area contributed by atoms with E-state index in [9.17, 15) is 40.2 Å². The predicted octanol–water partition coefficient (Wildman–Crippen LogP) is 3.09. The maximum atomic E-state index is 13.2. The molecule has 0 fully saturated rings. The lowest BCUT2D eigenvalue weighted by molar-refractivity contribution is -0.139. The van der Waals surface area contributed by atoms with Crippen LogP contribution < -0.4 is 10.6 Å². The summed E-state index contributed by atoms with van der Waals surface area (Å²) in [5, 5.41) is 55.6. The van der Waals surface area contributed by atoms with Crippen LogP contribution in [0.15, 0.2) is 85.2 Å². The van der Waals surface area contributed by atoms with Crippen molar-refractivity contribution in [3.05, 3.63) is 108 Å². The van der Waals surface area contributed by atoms with Crippen LogP contribution in [-0.2, 0) is 4.79 Å². The smallest absolute Gasteiger partial charge is 0.347 e. The molecule has 6 aromatic rings. The van der Waals surface area contributed by atoms with E-state index >= 15 is 0 Å². The molecule has 0 spiro atoms. The number of hydrogen-bond acceptors (Lipinski definition) is 9. The first-order valence-corrected chi connectivity index (χ1v) is 13.5. The number of nitrogens with one attached hydrogen (secondary N) is 2. The lowest BCUT2D eigenvalue weighted by Crippen LogP contribution is -2.53. The maximum absolute atomic E-state index is 13.2. The Hall–Kier alpha value is -7.19. The maximum Gasteiger partial charge on any atom is 0.347 e. The third-order valence-corrected chi connectivity index (χ3v) is 7.14. The number of nitrogens with zero attached hydrogens (tertiary/aromatic N) is 6. The van der Waals surface area contributed by atoms with E-state index in [0.29, 0.717) is 11.4 Å². The first-order chi connectivity index (χ1) is 22.2. The molecule has 0 aliphatic rings. The number of amides is 2. The number of benzene rings is 2. The van der Waals surface area contributed by atoms with Gasteiger partial charge < -0.3 is 35.1 Å². The minimum Gasteiger partial charge on any atom is -0.505 e. The predicted molar refractivity (Wildman–Crippen MR) is 161 cm³/mol. The zero-order chi connectivity index (χ0) is 32.5. The molecule has 14 heteroatoms. The number of aliphatic carboxylic acids is 1. The Morgan fingerprint density at radius 2 is 1.07 bits per heavy atom. The number of hydrogen-bond donors (Lipinski definition) is 5. The number of carboxylic acids is 1. The van der Waals surface area contributed by atoms with Crippen LogP contribution in [0.4, 0.5) is 0 Å². The van der Waals surface area contributed by atoms with Crippen LogP contribution in [0.5, 0.6) is 11.5 Å². The van der Waals surface area contributed by atoms with Crippen molar-refractivity contribution in [1.29, 1.82) is 10.5 Å². The Morgan fingerprint density at radius 3 is 1.41 bits per heavy atom. The van der Waals surface area contributed by atoms with Crippen molar-refractivity contribution >= 4 is 39.6 Å². The molecule has 0 aliphatic carbocycles. The molecule has 0 aliphatic heterocycles. The number of aromatic hydroxyl groups is 2. The van der Waals surface area contributed by atoms with E-state index in [4.69, 9.17) is 0 Å². The van der Waals surface area contributed by atoms with Crippen LogP contribution in [0, 0.1) is 22.7 Å². The Balaban J connectivity index is 1.31. The van der Waals surface area contributed by atoms with Crippen LogP contribution in [0.3, 0.4) is 0 Å². The monoisotopic (exact) mass is 612 g/mol. The van der Waals surface area contributed by atoms with Gasteiger partial charge in [0.15, 0.2) is 34.3 Å². The van der Waals surface area contributed by atoms with E-state index in [1.165, 1.54) is 12.1 Å². The summed E-state index contributed by atoms with van der Waals surface area (Å²) < 4.78 is 3.20. The molecule has 0 radical (unpaired) electrons. The van der Waals surface area contributed by atoms with Gasteiger partial charge in [-0.2, -0.15) is 10.5 Å². The highest BCUT2D eigenvalue weighted by molar-refractivity contribution is 6.06. The van der Waals surface area contributed by atoms with Gasteiger partial charge in [-0.15, -0.1) is 0 Å². The molecule has 4 heterocycles. The number of fused-ring (bicyclic) bond motifs is 2. The molecule has 224 valence electrons. The molecular weight excluding hydrogens is 592 g/mol. The molecule has 14 nitrogen and oxygen atoms in total. The second-order valence-corrected chi connectivity index (χ2v) is 9.82. The lowest BCUT2D eigenvalue weighted by atomic mass is 10.1. The second-order valence-electron chi connectivity index (χ2n) is 9.82. The quantitative estimate of drug-likeness (QED) is 0.166. The zero-order valence-corrected chi connectivity index (χ0v) is 23.4. The highest BCUT2D eigenvalue weighted by Crippen LogP contribution is 2.33. The summed E-state index contributed by atoms with van der Waals surface area (Å²) >= 11 is 0. The zero-order valence-electron chi connectivity index (χ0n) is 23.4. The van der Waals surface area contributed by atoms with E-state index < -0.39 is 46.8 Å². The van der Waals surface area contributed by atoms with Gasteiger partial charge in [0.25, 0.3) is 11.8 Å². The number of nitriles is 2. The van der Waals surface area contributed by atoms with Gasteiger partial charge >= 0.3 is 5.97 Å². The van der Waals surface area contributed by atoms with Gasteiger partial charge in [0.2, 0.25) is 6.17 Å². The van der Waals surface area contributed by atoms with Gasteiger partial charge in [0.1, 0.15) is 12.1 Å². The highest BCUT2D eigenvalue weighted by atomic mass is 16.4. The van der Waals surface area contributed by atoms with E-state index in [0.717, 1.165) is 0 Å². The van der Waals surface area contributed by atoms with E-state index in [2.05, 4.69) is 20.6 Å². The summed E-state index contributed by atoms with van der Waals surface area (Å²) in [5.41, 5.74) is -0.0132. The number of pyridine rings is 2. The van der Waals surface area contributed by atoms with Gasteiger partial charge in [-0.25, -0.2) is 14.8 Å². The number of carbonyl (C=O) groups excluding carboxylic acids is 2. The van der Waals surface area contributed by atoms with Crippen molar-refractivity contribution in [3.63, 3.8) is 0 Å². The molecule has 0 saturated carbocycles. The molecule has 46 heavy (non-hydrogen) atoms. The molecule has 5 N–H and O–H groups in total. The molecule has 2 aromatic carbocycles. The van der Waals surface area contributed by atoms with Crippen molar-refractivity contribution in [2.45, 2.75) is 6.17 Å². The van der Waals surface area contributed by atoms with Crippen LogP contribution in [0.25, 0.3) is 33.2 Å². The fourth-order valence-electron chi connectivity index (χ4n) is 5.06. The van der Waals surface area contributed by atoms with Gasteiger partial charge in [-0.05, 0) is 36.4 Å². The Kier molecular flexibility index (Phi) is 7.21. The van der Waals surface area contributed by atoms with Crippen LogP contribution in [-0.4, -0.2) is 58.4 Å². The van der Waals surface area contributed by atoms with Gasteiger partial charge in [0.05, 0.1) is 11.0 Å². The average Bonchev–Trinajstić information content (AvgIpc) is 3.72. The first-order valence-electron chi connectivity index (χ1n) is 13.5. The topological polar surface area (TPSA) is 219 Å². The summed E-state index contributed by atoms with van der Waals surface area (Å²) in [6, 6.07) is 24.5. The average molecular weight is 613 g/mol. The number of aromatic nitrogens is 4. The van der Waals surface area contributed by atoms with Crippen molar-refractivity contribution in [2.75, 3.05) is 0 Å². The summed E-state index contributed by atoms with van der Waals surface area (Å²) in [6.07, 6.45) is 1.04. The number of carbonyl (C=O) groups is 3. The Labute approximate surface area is 258 Å². The number of carboxylic acid groups (broad SMARTS) is 1. The summed E-state index contributed by atoms with van der Waals surface area (Å²) in [6.45, 7) is 0. The number of rotatable bonds is 7. The lowest BCUT2D eigenvalue weighted by Gasteiger charge is -2.17. The van der Waals surface area contributed by atoms with Gasteiger partial charge in [-0.1, -0.05) is 36.4 Å². The third kappa shape index (κ3) is 4.83. The molecule has 4 aromatic heterocycles. The van der Waals surface area contributed by atoms with Gasteiger partial charge in [-0.3, -0.25) is 9.59 Å². The van der Waals surface area contributed by atoms with E-state index in [-0.39, 0.29) is 33.2 Å². The fourth-order valence-corrected chi connectivity index (χ4v) is 5.06. The van der Waals surface area contributed by atoms with E-state index in [1.807, 2.05) is 12.1 Å². The standard InChI is InChI=1S/C32H20N8O6/c33-15-21-25-19(11-13-39(25)17-7-3-1-4-8-17)27(41)23(35-21)30(43)37-29(32(45)46)38-31(44)24-28(42)20-12-14-40(18-9-5-2-6-10-18)26(20)22(16-34)36-24/h1-14,29,41-42H,(H,37,43)(H,38,44)(H,45,46). The highest BCUT2D eigenvalue weighted by Gasteiger charge is 2.30. The summed E-state index contributed by atoms with van der Waals surface area (Å²) in [5.74, 6) is -5.40. The van der Waals surface area contributed by atoms with Crippen LogP contribution >= 0.6 is 0 Å². The summed E-state index contributed by atoms with van der Waals surface area (Å²) in [4.78, 5) is 46.4. The SMILES string of the molecule is N#Cc1nc(C(=O)NC(NC(=O)c2nc(C#N)c3c(ccn3-c3ccccc3)c2O)C(=O)O)c(O)c2ccn(-c3ccccc3)c12. The van der Waals surface area contributed by atoms with Crippen LogP contribution in [0.1, 0.15) is 32.4 Å². The third-order valence-electron chi connectivity index (χ3n) is 7.14.